The van der Waals surface area contributed by atoms with Crippen LogP contribution >= 0.6 is 0 Å². The van der Waals surface area contributed by atoms with Crippen molar-refractivity contribution in [2.75, 3.05) is 13.2 Å². The molecule has 13 heteroatoms. The number of hydrogen-bond donors (Lipinski definition) is 5. The van der Waals surface area contributed by atoms with Crippen LogP contribution in [0.2, 0.25) is 0 Å². The molecule has 0 aromatic heterocycles. The van der Waals surface area contributed by atoms with Crippen LogP contribution in [0.1, 0.15) is 179 Å². The highest BCUT2D eigenvalue weighted by Gasteiger charge is 2.75. The Bertz CT molecular complexity index is 2460. The molecule has 8 aliphatic carbocycles. The van der Waals surface area contributed by atoms with Crippen LogP contribution in [0.4, 0.5) is 0 Å². The maximum absolute atomic E-state index is 12.6. The average Bonchev–Trinajstić information content (AvgIpc) is 3.85. The highest BCUT2D eigenvalue weighted by Crippen LogP contribution is 2.74. The third kappa shape index (κ3) is 6.52. The summed E-state index contributed by atoms with van der Waals surface area (Å²) in [6, 6.07) is 0. The lowest BCUT2D eigenvalue weighted by atomic mass is 9.42. The van der Waals surface area contributed by atoms with Crippen LogP contribution in [0, 0.1) is 79.8 Å². The van der Waals surface area contributed by atoms with E-state index in [1.54, 1.807) is 5.57 Å². The Labute approximate surface area is 424 Å². The standard InChI is InChI=1S/C58H88O12S/c1-31(36-14-16-38-34-13-18-44-49(3,4)57(61)45(59)27-55(44,29-66-57)40(34)20-22-52(36,38)9)12-19-47-54(11)26-33(51(7,8)70-54)24-42(68-47)32(2)37-15-17-39-35-25-43(69-71(63,64)65)48-50(5,6)58(62)46(60)28-56(48,30-67-58)41(35)21-23-53(37,39)10/h18,31-33,36-39,42-43,45-48,59-62H,12-17,19-30H2,1-11H3,(H,63,64,65)/t31-,32+,33-,36-,37-,38?,39?,42-,43+,45+,46+,47+,48?,52-,53-,54-,55+,56+,57+,58+/m1/s1. The summed E-state index contributed by atoms with van der Waals surface area (Å²) in [7, 11) is -4.81. The summed E-state index contributed by atoms with van der Waals surface area (Å²) in [4.78, 5) is 0. The summed E-state index contributed by atoms with van der Waals surface area (Å²) in [5.41, 5.74) is 3.65. The van der Waals surface area contributed by atoms with E-state index in [1.165, 1.54) is 35.1 Å². The summed E-state index contributed by atoms with van der Waals surface area (Å²) >= 11 is 0. The van der Waals surface area contributed by atoms with E-state index in [1.807, 2.05) is 13.8 Å². The topological polar surface area (TPSA) is 181 Å². The third-order valence-electron chi connectivity index (χ3n) is 24.9. The zero-order valence-corrected chi connectivity index (χ0v) is 45.6. The van der Waals surface area contributed by atoms with Crippen LogP contribution < -0.4 is 0 Å². The molecule has 398 valence electrons. The number of allylic oxidation sites excluding steroid dienone is 2. The van der Waals surface area contributed by atoms with E-state index in [0.29, 0.717) is 49.0 Å². The second-order valence-corrected chi connectivity index (χ2v) is 29.8. The van der Waals surface area contributed by atoms with Gasteiger partial charge in [0.25, 0.3) is 0 Å². The van der Waals surface area contributed by atoms with Gasteiger partial charge in [-0.3, -0.25) is 4.55 Å². The zero-order valence-electron chi connectivity index (χ0n) is 44.8. The molecule has 6 saturated heterocycles. The van der Waals surface area contributed by atoms with Crippen molar-refractivity contribution in [3.8, 4) is 0 Å². The van der Waals surface area contributed by atoms with Gasteiger partial charge in [-0.25, -0.2) is 4.18 Å². The van der Waals surface area contributed by atoms with Crippen LogP contribution in [0.3, 0.4) is 0 Å². The Balaban J connectivity index is 0.782. The quantitative estimate of drug-likeness (QED) is 0.115. The number of hydrogen-bond acceptors (Lipinski definition) is 11. The summed E-state index contributed by atoms with van der Waals surface area (Å²) in [5.74, 6) is -1.04. The van der Waals surface area contributed by atoms with E-state index in [9.17, 15) is 33.4 Å². The molecule has 12 nitrogen and oxygen atoms in total. The average molecular weight is 1010 g/mol. The van der Waals surface area contributed by atoms with Crippen LogP contribution in [0.15, 0.2) is 33.9 Å². The molecule has 0 radical (unpaired) electrons. The maximum Gasteiger partial charge on any atom is 0.397 e. The van der Waals surface area contributed by atoms with Gasteiger partial charge in [-0.1, -0.05) is 89.3 Å². The lowest BCUT2D eigenvalue weighted by Gasteiger charge is -2.69. The van der Waals surface area contributed by atoms with E-state index in [4.69, 9.17) is 23.1 Å². The third-order valence-corrected chi connectivity index (χ3v) is 25.4. The molecule has 6 heterocycles. The van der Waals surface area contributed by atoms with Gasteiger partial charge in [0, 0.05) is 27.6 Å². The van der Waals surface area contributed by atoms with Crippen LogP contribution in [0.5, 0.6) is 0 Å². The molecular weight excluding hydrogens is 921 g/mol. The van der Waals surface area contributed by atoms with Gasteiger partial charge in [-0.05, 0) is 176 Å². The Kier molecular flexibility index (Phi) is 11.0. The lowest BCUT2D eigenvalue weighted by Crippen LogP contribution is -2.76. The number of rotatable bonds is 8. The van der Waals surface area contributed by atoms with Gasteiger partial charge >= 0.3 is 10.4 Å². The molecule has 2 spiro atoms. The zero-order chi connectivity index (χ0) is 50.9. The minimum absolute atomic E-state index is 0.0358. The summed E-state index contributed by atoms with van der Waals surface area (Å²) in [6.45, 7) is 25.4. The number of aliphatic hydroxyl groups is 4. The highest BCUT2D eigenvalue weighted by atomic mass is 32.3. The fraction of sp³-hybridized carbons (Fsp3) is 0.897. The first kappa shape index (κ1) is 50.6. The van der Waals surface area contributed by atoms with E-state index in [-0.39, 0.29) is 64.5 Å². The van der Waals surface area contributed by atoms with Crippen molar-refractivity contribution in [3.05, 3.63) is 33.9 Å². The van der Waals surface area contributed by atoms with Crippen molar-refractivity contribution in [1.82, 2.24) is 0 Å². The normalized spacial score (nSPS) is 52.7. The SMILES string of the molecule is C[C@@H]([C@H]1CCC2C3=C(CC[C@@]21C)[C@@]12CO[C@@](O)([C@@H](O)C1)C(C)(C)C2[C@@H](OS(=O)(=O)O)C3)[C@H]1C[C@@H]2C[C@@](C)(OC2(C)C)[C@H](CC[C@@H](C)[C@H]2CCC3C4=C(CC[C@@]32C)[C@@]23CO[C@@](O)([C@@H](O)C2)C(C)(C)C3=CC4)O1. The van der Waals surface area contributed by atoms with Gasteiger partial charge in [-0.15, -0.1) is 0 Å². The smallest absolute Gasteiger partial charge is 0.387 e. The van der Waals surface area contributed by atoms with Gasteiger partial charge in [0.15, 0.2) is 5.79 Å². The molecule has 71 heavy (non-hydrogen) atoms. The molecule has 6 aliphatic heterocycles. The largest absolute Gasteiger partial charge is 0.397 e. The van der Waals surface area contributed by atoms with Crippen LogP contribution in [-0.2, 0) is 33.5 Å². The van der Waals surface area contributed by atoms with Gasteiger partial charge < -0.3 is 39.4 Å². The first-order chi connectivity index (χ1) is 32.9. The first-order valence-corrected chi connectivity index (χ1v) is 29.5. The van der Waals surface area contributed by atoms with Crippen molar-refractivity contribution in [2.45, 2.75) is 232 Å². The Morgan fingerprint density at radius 3 is 2.10 bits per heavy atom. The molecule has 0 aromatic carbocycles. The molecule has 6 bridgehead atoms. The van der Waals surface area contributed by atoms with Gasteiger partial charge in [-0.2, -0.15) is 8.42 Å². The predicted molar refractivity (Wildman–Crippen MR) is 266 cm³/mol. The van der Waals surface area contributed by atoms with Crippen LogP contribution in [0.25, 0.3) is 0 Å². The van der Waals surface area contributed by atoms with Gasteiger partial charge in [0.1, 0.15) is 12.2 Å². The van der Waals surface area contributed by atoms with Crippen molar-refractivity contribution >= 4 is 10.4 Å². The van der Waals surface area contributed by atoms with Crippen LogP contribution in [-0.4, -0.2) is 99.9 Å². The second-order valence-electron chi connectivity index (χ2n) is 28.8. The fourth-order valence-corrected chi connectivity index (χ4v) is 22.1. The van der Waals surface area contributed by atoms with Crippen molar-refractivity contribution in [1.29, 1.82) is 0 Å². The molecule has 0 aromatic rings. The monoisotopic (exact) mass is 1010 g/mol. The van der Waals surface area contributed by atoms with Crippen molar-refractivity contribution < 1.29 is 56.5 Å². The number of fused-ring (bicyclic) bond motifs is 10. The number of ether oxygens (including phenoxy) is 4. The Morgan fingerprint density at radius 2 is 1.42 bits per heavy atom. The summed E-state index contributed by atoms with van der Waals surface area (Å²) in [5, 5.41) is 46.2. The molecule has 10 fully saturated rings. The van der Waals surface area contributed by atoms with Crippen molar-refractivity contribution in [3.63, 3.8) is 0 Å². The van der Waals surface area contributed by atoms with E-state index >= 15 is 0 Å². The predicted octanol–water partition coefficient (Wildman–Crippen LogP) is 9.55. The molecule has 0 amide bonds. The molecular formula is C58H88O12S. The molecule has 20 atom stereocenters. The summed E-state index contributed by atoms with van der Waals surface area (Å²) in [6.07, 6.45) is 14.0. The first-order valence-electron chi connectivity index (χ1n) is 28.2. The molecule has 4 saturated carbocycles. The number of aliphatic hydroxyl groups excluding tert-OH is 2. The Hall–Kier alpha value is -1.23. The molecule has 3 unspecified atom stereocenters. The Morgan fingerprint density at radius 1 is 0.789 bits per heavy atom. The highest BCUT2D eigenvalue weighted by molar-refractivity contribution is 7.80. The van der Waals surface area contributed by atoms with Gasteiger partial charge in [0.2, 0.25) is 5.79 Å². The second kappa shape index (κ2) is 15.5. The van der Waals surface area contributed by atoms with E-state index in [0.717, 1.165) is 70.6 Å². The minimum atomic E-state index is -4.81. The fourth-order valence-electron chi connectivity index (χ4n) is 21.6. The molecule has 5 N–H and O–H groups in total. The van der Waals surface area contributed by atoms with E-state index in [2.05, 4.69) is 68.4 Å². The van der Waals surface area contributed by atoms with E-state index < -0.39 is 62.4 Å². The summed E-state index contributed by atoms with van der Waals surface area (Å²) < 4.78 is 68.2. The minimum Gasteiger partial charge on any atom is -0.387 e. The van der Waals surface area contributed by atoms with Crippen molar-refractivity contribution in [2.24, 2.45) is 79.8 Å². The molecule has 14 rings (SSSR count). The molecule has 14 aliphatic rings. The lowest BCUT2D eigenvalue weighted by molar-refractivity contribution is -0.408. The van der Waals surface area contributed by atoms with Gasteiger partial charge in [0.05, 0.1) is 42.7 Å². The maximum atomic E-state index is 12.6.